The molecule has 20 heavy (non-hydrogen) atoms. The minimum Gasteiger partial charge on any atom is -0.398 e. The van der Waals surface area contributed by atoms with Crippen molar-refractivity contribution in [3.05, 3.63) is 35.3 Å². The summed E-state index contributed by atoms with van der Waals surface area (Å²) in [7, 11) is 0. The molecule has 1 atom stereocenters. The molecule has 4 heteroatoms. The van der Waals surface area contributed by atoms with Crippen molar-refractivity contribution in [3.8, 4) is 0 Å². The molecule has 0 amide bonds. The van der Waals surface area contributed by atoms with E-state index in [0.717, 1.165) is 41.7 Å². The van der Waals surface area contributed by atoms with Crippen molar-refractivity contribution < 1.29 is 4.39 Å². The highest BCUT2D eigenvalue weighted by molar-refractivity contribution is 5.92. The van der Waals surface area contributed by atoms with Crippen LogP contribution in [-0.4, -0.2) is 22.5 Å². The normalized spacial score (nSPS) is 22.6. The molecule has 0 radical (unpaired) electrons. The summed E-state index contributed by atoms with van der Waals surface area (Å²) in [6, 6.07) is 5.30. The van der Waals surface area contributed by atoms with E-state index in [1.807, 2.05) is 0 Å². The quantitative estimate of drug-likeness (QED) is 0.801. The van der Waals surface area contributed by atoms with Crippen LogP contribution in [0.15, 0.2) is 18.2 Å². The van der Waals surface area contributed by atoms with Gasteiger partial charge >= 0.3 is 0 Å². The molecule has 3 heterocycles. The fraction of sp³-hybridized carbons (Fsp3) is 0.438. The molecule has 4 rings (SSSR count). The van der Waals surface area contributed by atoms with Crippen LogP contribution in [0.25, 0.3) is 10.9 Å². The number of pyridine rings is 1. The lowest BCUT2D eigenvalue weighted by atomic mass is 9.90. The van der Waals surface area contributed by atoms with Crippen LogP contribution in [0.2, 0.25) is 0 Å². The minimum atomic E-state index is -0.252. The van der Waals surface area contributed by atoms with Gasteiger partial charge in [-0.1, -0.05) is 6.42 Å². The Kier molecular flexibility index (Phi) is 2.67. The third kappa shape index (κ3) is 1.79. The summed E-state index contributed by atoms with van der Waals surface area (Å²) < 4.78 is 13.4. The number of hydrogen-bond donors (Lipinski definition) is 1. The molecular formula is C16H18FN3. The second-order valence-electron chi connectivity index (χ2n) is 5.94. The van der Waals surface area contributed by atoms with Crippen LogP contribution < -0.4 is 5.73 Å². The predicted molar refractivity (Wildman–Crippen MR) is 77.9 cm³/mol. The Balaban J connectivity index is 1.87. The van der Waals surface area contributed by atoms with Gasteiger partial charge in [0, 0.05) is 41.3 Å². The zero-order chi connectivity index (χ0) is 13.7. The number of piperidine rings is 1. The number of benzene rings is 1. The van der Waals surface area contributed by atoms with Crippen LogP contribution >= 0.6 is 0 Å². The summed E-state index contributed by atoms with van der Waals surface area (Å²) in [4.78, 5) is 7.24. The molecule has 2 aromatic rings. The molecule has 0 bridgehead atoms. The van der Waals surface area contributed by atoms with Crippen LogP contribution in [-0.2, 0) is 13.0 Å². The zero-order valence-corrected chi connectivity index (χ0v) is 11.4. The molecule has 2 aliphatic rings. The van der Waals surface area contributed by atoms with Crippen molar-refractivity contribution in [2.24, 2.45) is 0 Å². The Morgan fingerprint density at radius 1 is 1.30 bits per heavy atom. The van der Waals surface area contributed by atoms with E-state index >= 15 is 0 Å². The molecule has 2 aliphatic heterocycles. The number of nitrogens with two attached hydrogens (primary N) is 1. The van der Waals surface area contributed by atoms with Gasteiger partial charge in [-0.25, -0.2) is 4.39 Å². The van der Waals surface area contributed by atoms with E-state index in [2.05, 4.69) is 4.90 Å². The number of fused-ring (bicyclic) bond motifs is 3. The topological polar surface area (TPSA) is 42.1 Å². The van der Waals surface area contributed by atoms with Crippen molar-refractivity contribution >= 4 is 16.6 Å². The average molecular weight is 271 g/mol. The van der Waals surface area contributed by atoms with Gasteiger partial charge in [-0.15, -0.1) is 0 Å². The molecule has 0 saturated carbocycles. The van der Waals surface area contributed by atoms with E-state index in [0.29, 0.717) is 11.7 Å². The number of hydrogen-bond acceptors (Lipinski definition) is 3. The number of halogens is 1. The lowest BCUT2D eigenvalue weighted by Crippen LogP contribution is -2.44. The van der Waals surface area contributed by atoms with Gasteiger partial charge in [-0.05, 0) is 37.6 Å². The Morgan fingerprint density at radius 3 is 3.10 bits per heavy atom. The first kappa shape index (κ1) is 12.1. The third-order valence-electron chi connectivity index (χ3n) is 4.72. The van der Waals surface area contributed by atoms with Crippen molar-refractivity contribution in [3.63, 3.8) is 0 Å². The Morgan fingerprint density at radius 2 is 2.20 bits per heavy atom. The van der Waals surface area contributed by atoms with Crippen LogP contribution in [0.1, 0.15) is 30.5 Å². The highest BCUT2D eigenvalue weighted by Gasteiger charge is 2.30. The van der Waals surface area contributed by atoms with E-state index in [9.17, 15) is 4.39 Å². The molecule has 1 aromatic carbocycles. The van der Waals surface area contributed by atoms with Crippen LogP contribution in [0.4, 0.5) is 10.1 Å². The van der Waals surface area contributed by atoms with Crippen molar-refractivity contribution in [2.75, 3.05) is 12.3 Å². The minimum absolute atomic E-state index is 0.252. The smallest absolute Gasteiger partial charge is 0.124 e. The van der Waals surface area contributed by atoms with E-state index in [4.69, 9.17) is 10.7 Å². The molecule has 104 valence electrons. The van der Waals surface area contributed by atoms with Gasteiger partial charge < -0.3 is 5.73 Å². The largest absolute Gasteiger partial charge is 0.398 e. The zero-order valence-electron chi connectivity index (χ0n) is 11.4. The van der Waals surface area contributed by atoms with Gasteiger partial charge in [0.15, 0.2) is 0 Å². The number of nitrogens with zero attached hydrogens (tertiary/aromatic N) is 2. The van der Waals surface area contributed by atoms with E-state index in [-0.39, 0.29) is 5.82 Å². The molecule has 2 N–H and O–H groups in total. The summed E-state index contributed by atoms with van der Waals surface area (Å²) in [5.74, 6) is -0.252. The fourth-order valence-corrected chi connectivity index (χ4v) is 3.62. The average Bonchev–Trinajstić information content (AvgIpc) is 2.47. The maximum atomic E-state index is 13.4. The first-order chi connectivity index (χ1) is 9.72. The number of rotatable bonds is 0. The summed E-state index contributed by atoms with van der Waals surface area (Å²) in [5, 5.41) is 0.749. The molecule has 1 aromatic heterocycles. The lowest BCUT2D eigenvalue weighted by molar-refractivity contribution is 0.126. The van der Waals surface area contributed by atoms with Gasteiger partial charge in [-0.2, -0.15) is 0 Å². The molecular weight excluding hydrogens is 253 g/mol. The molecule has 1 unspecified atom stereocenters. The Labute approximate surface area is 117 Å². The van der Waals surface area contributed by atoms with Crippen molar-refractivity contribution in [1.82, 2.24) is 9.88 Å². The number of aromatic nitrogens is 1. The third-order valence-corrected chi connectivity index (χ3v) is 4.72. The standard InChI is InChI=1S/C16H18FN3/c17-10-4-5-14-12(7-10)16(18)13-9-20-6-2-1-3-11(20)8-15(13)19-14/h4-5,7,11H,1-3,6,8-9H2,(H2,18,19). The summed E-state index contributed by atoms with van der Waals surface area (Å²) in [5.41, 5.74) is 10.1. The second-order valence-corrected chi connectivity index (χ2v) is 5.94. The summed E-state index contributed by atoms with van der Waals surface area (Å²) in [6.45, 7) is 2.01. The van der Waals surface area contributed by atoms with Crippen molar-refractivity contribution in [2.45, 2.75) is 38.3 Å². The highest BCUT2D eigenvalue weighted by Crippen LogP contribution is 2.34. The summed E-state index contributed by atoms with van der Waals surface area (Å²) in [6.07, 6.45) is 4.81. The molecule has 1 saturated heterocycles. The van der Waals surface area contributed by atoms with Crippen LogP contribution in [0.3, 0.4) is 0 Å². The maximum Gasteiger partial charge on any atom is 0.124 e. The monoisotopic (exact) mass is 271 g/mol. The van der Waals surface area contributed by atoms with Crippen LogP contribution in [0, 0.1) is 5.82 Å². The number of nitrogen functional groups attached to an aromatic ring is 1. The van der Waals surface area contributed by atoms with Gasteiger partial charge in [0.1, 0.15) is 5.82 Å². The van der Waals surface area contributed by atoms with Crippen LogP contribution in [0.5, 0.6) is 0 Å². The lowest BCUT2D eigenvalue weighted by Gasteiger charge is -2.40. The van der Waals surface area contributed by atoms with E-state index < -0.39 is 0 Å². The first-order valence-corrected chi connectivity index (χ1v) is 7.33. The Bertz CT molecular complexity index is 683. The summed E-state index contributed by atoms with van der Waals surface area (Å²) >= 11 is 0. The van der Waals surface area contributed by atoms with Gasteiger partial charge in [0.2, 0.25) is 0 Å². The molecule has 3 nitrogen and oxygen atoms in total. The van der Waals surface area contributed by atoms with Gasteiger partial charge in [0.25, 0.3) is 0 Å². The maximum absolute atomic E-state index is 13.4. The van der Waals surface area contributed by atoms with E-state index in [1.165, 1.54) is 31.4 Å². The second kappa shape index (κ2) is 4.42. The van der Waals surface area contributed by atoms with Crippen molar-refractivity contribution in [1.29, 1.82) is 0 Å². The number of anilines is 1. The molecule has 0 aliphatic carbocycles. The predicted octanol–water partition coefficient (Wildman–Crippen LogP) is 2.87. The highest BCUT2D eigenvalue weighted by atomic mass is 19.1. The van der Waals surface area contributed by atoms with E-state index in [1.54, 1.807) is 6.07 Å². The van der Waals surface area contributed by atoms with Gasteiger partial charge in [0.05, 0.1) is 5.52 Å². The fourth-order valence-electron chi connectivity index (χ4n) is 3.62. The Hall–Kier alpha value is -1.68. The SMILES string of the molecule is Nc1c2c(nc3ccc(F)cc13)CC1CCCCN1C2. The molecule has 0 spiro atoms. The molecule has 1 fully saturated rings. The van der Waals surface area contributed by atoms with Gasteiger partial charge in [-0.3, -0.25) is 9.88 Å². The first-order valence-electron chi connectivity index (χ1n) is 7.33.